The van der Waals surface area contributed by atoms with Gasteiger partial charge in [-0.1, -0.05) is 0 Å². The molecule has 0 atom stereocenters. The fraction of sp³-hybridized carbons (Fsp3) is 0.375. The Morgan fingerprint density at radius 2 is 1.95 bits per heavy atom. The molecule has 2 aromatic rings. The van der Waals surface area contributed by atoms with Gasteiger partial charge in [-0.25, -0.2) is 9.97 Å². The molecule has 0 saturated heterocycles. The van der Waals surface area contributed by atoms with E-state index in [1.807, 2.05) is 38.2 Å². The van der Waals surface area contributed by atoms with Gasteiger partial charge in [0.25, 0.3) is 0 Å². The van der Waals surface area contributed by atoms with Crippen molar-refractivity contribution in [2.75, 3.05) is 19.0 Å². The Morgan fingerprint density at radius 3 is 2.52 bits per heavy atom. The second-order valence-electron chi connectivity index (χ2n) is 5.08. The Labute approximate surface area is 133 Å². The molecule has 5 heteroatoms. The molecule has 1 heterocycles. The second-order valence-corrected chi connectivity index (χ2v) is 5.87. The number of ether oxygens (including phenoxy) is 1. The van der Waals surface area contributed by atoms with E-state index in [-0.39, 0.29) is 0 Å². The molecule has 21 heavy (non-hydrogen) atoms. The normalized spacial score (nSPS) is 14.0. The number of halogens is 1. The van der Waals surface area contributed by atoms with Gasteiger partial charge in [-0.05, 0) is 60.0 Å². The Hall–Kier alpha value is -1.62. The van der Waals surface area contributed by atoms with Crippen LogP contribution in [0.4, 0.5) is 5.82 Å². The number of aromatic nitrogens is 2. The molecule has 1 fully saturated rings. The summed E-state index contributed by atoms with van der Waals surface area (Å²) >= 11 is 3.61. The van der Waals surface area contributed by atoms with Crippen LogP contribution in [0.1, 0.15) is 31.4 Å². The molecule has 1 aromatic carbocycles. The Bertz CT molecular complexity index is 639. The summed E-state index contributed by atoms with van der Waals surface area (Å²) in [5, 5.41) is 3.14. The molecule has 1 aromatic heterocycles. The van der Waals surface area contributed by atoms with Crippen molar-refractivity contribution in [3.05, 3.63) is 34.4 Å². The highest BCUT2D eigenvalue weighted by Gasteiger charge is 2.29. The lowest BCUT2D eigenvalue weighted by Gasteiger charge is -2.11. The van der Waals surface area contributed by atoms with Crippen LogP contribution in [0.5, 0.6) is 5.75 Å². The van der Waals surface area contributed by atoms with Crippen molar-refractivity contribution in [2.24, 2.45) is 0 Å². The second kappa shape index (κ2) is 6.02. The standard InChI is InChI=1S/C16H18BrN3O/c1-3-21-12-8-6-11(7-9-12)15-19-14(10-4-5-10)13(17)16(18-2)20-15/h6-10H,3-5H2,1-2H3,(H,18,19,20). The minimum atomic E-state index is 0.566. The SMILES string of the molecule is CCOc1ccc(-c2nc(NC)c(Br)c(C3CC3)n2)cc1. The van der Waals surface area contributed by atoms with E-state index < -0.39 is 0 Å². The maximum absolute atomic E-state index is 5.47. The fourth-order valence-corrected chi connectivity index (χ4v) is 2.95. The topological polar surface area (TPSA) is 47.0 Å². The van der Waals surface area contributed by atoms with Gasteiger partial charge in [-0.3, -0.25) is 0 Å². The van der Waals surface area contributed by atoms with Crippen molar-refractivity contribution in [1.29, 1.82) is 0 Å². The van der Waals surface area contributed by atoms with Gasteiger partial charge in [0.15, 0.2) is 5.82 Å². The monoisotopic (exact) mass is 347 g/mol. The van der Waals surface area contributed by atoms with E-state index in [1.54, 1.807) is 0 Å². The van der Waals surface area contributed by atoms with Crippen molar-refractivity contribution in [2.45, 2.75) is 25.7 Å². The quantitative estimate of drug-likeness (QED) is 0.879. The Morgan fingerprint density at radius 1 is 1.24 bits per heavy atom. The predicted octanol–water partition coefficient (Wildman–Crippen LogP) is 4.22. The summed E-state index contributed by atoms with van der Waals surface area (Å²) < 4.78 is 6.46. The first-order chi connectivity index (χ1) is 10.2. The van der Waals surface area contributed by atoms with Gasteiger partial charge < -0.3 is 10.1 Å². The van der Waals surface area contributed by atoms with Crippen LogP contribution in [0, 0.1) is 0 Å². The minimum Gasteiger partial charge on any atom is -0.494 e. The molecule has 0 amide bonds. The number of benzene rings is 1. The van der Waals surface area contributed by atoms with Crippen LogP contribution in [0.25, 0.3) is 11.4 Å². The summed E-state index contributed by atoms with van der Waals surface area (Å²) in [6.45, 7) is 2.65. The van der Waals surface area contributed by atoms with Crippen LogP contribution < -0.4 is 10.1 Å². The molecule has 1 aliphatic carbocycles. The van der Waals surface area contributed by atoms with Crippen molar-refractivity contribution >= 4 is 21.7 Å². The minimum absolute atomic E-state index is 0.566. The Kier molecular flexibility index (Phi) is 4.10. The van der Waals surface area contributed by atoms with E-state index in [2.05, 4.69) is 26.2 Å². The van der Waals surface area contributed by atoms with Crippen molar-refractivity contribution in [1.82, 2.24) is 9.97 Å². The molecule has 1 saturated carbocycles. The van der Waals surface area contributed by atoms with E-state index in [9.17, 15) is 0 Å². The van der Waals surface area contributed by atoms with Crippen molar-refractivity contribution < 1.29 is 4.74 Å². The first-order valence-corrected chi connectivity index (χ1v) is 8.00. The largest absolute Gasteiger partial charge is 0.494 e. The molecule has 0 spiro atoms. The lowest BCUT2D eigenvalue weighted by atomic mass is 10.2. The number of hydrogen-bond donors (Lipinski definition) is 1. The lowest BCUT2D eigenvalue weighted by Crippen LogP contribution is -2.02. The van der Waals surface area contributed by atoms with Crippen molar-refractivity contribution in [3.63, 3.8) is 0 Å². The number of nitrogens with one attached hydrogen (secondary N) is 1. The average molecular weight is 348 g/mol. The first kappa shape index (κ1) is 14.3. The highest BCUT2D eigenvalue weighted by molar-refractivity contribution is 9.10. The molecule has 1 aliphatic rings. The number of rotatable bonds is 5. The van der Waals surface area contributed by atoms with Crippen LogP contribution in [0.15, 0.2) is 28.7 Å². The highest BCUT2D eigenvalue weighted by atomic mass is 79.9. The maximum atomic E-state index is 5.47. The maximum Gasteiger partial charge on any atom is 0.161 e. The number of anilines is 1. The predicted molar refractivity (Wildman–Crippen MR) is 87.9 cm³/mol. The summed E-state index contributed by atoms with van der Waals surface area (Å²) in [7, 11) is 1.88. The Balaban J connectivity index is 1.99. The smallest absolute Gasteiger partial charge is 0.161 e. The first-order valence-electron chi connectivity index (χ1n) is 7.21. The van der Waals surface area contributed by atoms with E-state index in [0.29, 0.717) is 12.5 Å². The highest BCUT2D eigenvalue weighted by Crippen LogP contribution is 2.44. The van der Waals surface area contributed by atoms with Gasteiger partial charge in [-0.15, -0.1) is 0 Å². The molecule has 110 valence electrons. The molecule has 0 bridgehead atoms. The van der Waals surface area contributed by atoms with Gasteiger partial charge in [-0.2, -0.15) is 0 Å². The van der Waals surface area contributed by atoms with Crippen LogP contribution in [0.2, 0.25) is 0 Å². The molecular weight excluding hydrogens is 330 g/mol. The van der Waals surface area contributed by atoms with Crippen LogP contribution >= 0.6 is 15.9 Å². The van der Waals surface area contributed by atoms with Crippen LogP contribution in [-0.2, 0) is 0 Å². The van der Waals surface area contributed by atoms with E-state index in [0.717, 1.165) is 33.1 Å². The van der Waals surface area contributed by atoms with E-state index in [1.165, 1.54) is 12.8 Å². The summed E-state index contributed by atoms with van der Waals surface area (Å²) in [4.78, 5) is 9.35. The zero-order chi connectivity index (χ0) is 14.8. The molecule has 4 nitrogen and oxygen atoms in total. The third kappa shape index (κ3) is 3.02. The summed E-state index contributed by atoms with van der Waals surface area (Å²) in [6.07, 6.45) is 2.42. The van der Waals surface area contributed by atoms with Crippen molar-refractivity contribution in [3.8, 4) is 17.1 Å². The zero-order valence-corrected chi connectivity index (χ0v) is 13.8. The summed E-state index contributed by atoms with van der Waals surface area (Å²) in [5.74, 6) is 3.04. The van der Waals surface area contributed by atoms with Crippen LogP contribution in [-0.4, -0.2) is 23.6 Å². The third-order valence-corrected chi connectivity index (χ3v) is 4.28. The average Bonchev–Trinajstić information content (AvgIpc) is 3.33. The van der Waals surface area contributed by atoms with Gasteiger partial charge in [0.05, 0.1) is 16.8 Å². The van der Waals surface area contributed by atoms with Gasteiger partial charge in [0.1, 0.15) is 11.6 Å². The number of nitrogens with zero attached hydrogens (tertiary/aromatic N) is 2. The molecule has 0 radical (unpaired) electrons. The van der Waals surface area contributed by atoms with E-state index >= 15 is 0 Å². The van der Waals surface area contributed by atoms with Gasteiger partial charge >= 0.3 is 0 Å². The molecular formula is C16H18BrN3O. The lowest BCUT2D eigenvalue weighted by molar-refractivity contribution is 0.340. The van der Waals surface area contributed by atoms with Gasteiger partial charge in [0.2, 0.25) is 0 Å². The summed E-state index contributed by atoms with van der Waals surface area (Å²) in [5.41, 5.74) is 2.11. The molecule has 3 rings (SSSR count). The molecule has 0 aliphatic heterocycles. The summed E-state index contributed by atoms with van der Waals surface area (Å²) in [6, 6.07) is 7.93. The van der Waals surface area contributed by atoms with E-state index in [4.69, 9.17) is 9.72 Å². The molecule has 1 N–H and O–H groups in total. The zero-order valence-electron chi connectivity index (χ0n) is 12.2. The van der Waals surface area contributed by atoms with Gasteiger partial charge in [0, 0.05) is 18.5 Å². The third-order valence-electron chi connectivity index (χ3n) is 3.50. The number of hydrogen-bond acceptors (Lipinski definition) is 4. The van der Waals surface area contributed by atoms with Crippen LogP contribution in [0.3, 0.4) is 0 Å². The fourth-order valence-electron chi connectivity index (χ4n) is 2.25. The molecule has 0 unspecified atom stereocenters.